The van der Waals surface area contributed by atoms with Crippen molar-refractivity contribution in [3.8, 4) is 0 Å². The third-order valence-corrected chi connectivity index (χ3v) is 3.29. The molecule has 0 saturated heterocycles. The third-order valence-electron chi connectivity index (χ3n) is 3.29. The molecule has 0 rings (SSSR count). The Bertz CT molecular complexity index is 188. The highest BCUT2D eigenvalue weighted by Gasteiger charge is 2.03. The molecule has 17 heavy (non-hydrogen) atoms. The predicted octanol–water partition coefficient (Wildman–Crippen LogP) is 6.29. The van der Waals surface area contributed by atoms with Crippen LogP contribution in [0.3, 0.4) is 0 Å². The molecule has 0 aromatic rings. The summed E-state index contributed by atoms with van der Waals surface area (Å²) in [5.41, 5.74) is 0. The zero-order valence-electron chi connectivity index (χ0n) is 12.3. The van der Waals surface area contributed by atoms with Crippen LogP contribution in [0, 0.1) is 5.92 Å². The van der Waals surface area contributed by atoms with E-state index >= 15 is 0 Å². The Morgan fingerprint density at radius 3 is 2.06 bits per heavy atom. The molecule has 0 aliphatic rings. The summed E-state index contributed by atoms with van der Waals surface area (Å²) in [6, 6.07) is 0. The van der Waals surface area contributed by atoms with Crippen LogP contribution >= 0.6 is 0 Å². The van der Waals surface area contributed by atoms with Crippen molar-refractivity contribution in [3.05, 3.63) is 24.3 Å². The molecule has 0 N–H and O–H groups in total. The Labute approximate surface area is 109 Å². The molecule has 0 bridgehead atoms. The Balaban J connectivity index is 3.76. The summed E-state index contributed by atoms with van der Waals surface area (Å²) in [4.78, 5) is 0. The average molecular weight is 236 g/mol. The molecule has 0 amide bonds. The Hall–Kier alpha value is -0.520. The number of hydrogen-bond donors (Lipinski definition) is 0. The molecule has 0 saturated carbocycles. The minimum Gasteiger partial charge on any atom is -0.0877 e. The van der Waals surface area contributed by atoms with Crippen molar-refractivity contribution in [1.29, 1.82) is 0 Å². The van der Waals surface area contributed by atoms with Gasteiger partial charge < -0.3 is 0 Å². The van der Waals surface area contributed by atoms with Gasteiger partial charge in [-0.3, -0.25) is 0 Å². The van der Waals surface area contributed by atoms with Crippen LogP contribution in [0.4, 0.5) is 0 Å². The minimum atomic E-state index is 0.813. The summed E-state index contributed by atoms with van der Waals surface area (Å²) >= 11 is 0. The maximum Gasteiger partial charge on any atom is -0.0230 e. The van der Waals surface area contributed by atoms with Gasteiger partial charge in [0.05, 0.1) is 0 Å². The van der Waals surface area contributed by atoms with E-state index in [0.717, 1.165) is 5.92 Å². The smallest absolute Gasteiger partial charge is 0.0230 e. The molecule has 100 valence electrons. The van der Waals surface area contributed by atoms with Crippen molar-refractivity contribution in [2.24, 2.45) is 5.92 Å². The monoisotopic (exact) mass is 236 g/mol. The largest absolute Gasteiger partial charge is 0.0877 e. The topological polar surface area (TPSA) is 0 Å². The minimum absolute atomic E-state index is 0.813. The molecule has 0 aromatic heterocycles. The zero-order valence-corrected chi connectivity index (χ0v) is 12.3. The lowest BCUT2D eigenvalue weighted by atomic mass is 9.94. The molecule has 0 spiro atoms. The summed E-state index contributed by atoms with van der Waals surface area (Å²) in [6.45, 7) is 6.65. The number of unbranched alkanes of at least 4 members (excludes halogenated alkanes) is 5. The van der Waals surface area contributed by atoms with Gasteiger partial charge >= 0.3 is 0 Å². The van der Waals surface area contributed by atoms with E-state index in [1.807, 2.05) is 0 Å². The molecule has 0 aliphatic heterocycles. The summed E-state index contributed by atoms with van der Waals surface area (Å²) in [5.74, 6) is 0.813. The number of rotatable bonds is 11. The van der Waals surface area contributed by atoms with E-state index < -0.39 is 0 Å². The van der Waals surface area contributed by atoms with Crippen LogP contribution < -0.4 is 0 Å². The van der Waals surface area contributed by atoms with Crippen molar-refractivity contribution in [1.82, 2.24) is 0 Å². The van der Waals surface area contributed by atoms with E-state index in [1.54, 1.807) is 0 Å². The average Bonchev–Trinajstić information content (AvgIpc) is 2.35. The van der Waals surface area contributed by atoms with Crippen molar-refractivity contribution >= 4 is 0 Å². The molecular formula is C17H32. The first-order valence-electron chi connectivity index (χ1n) is 7.64. The van der Waals surface area contributed by atoms with Gasteiger partial charge in [0.15, 0.2) is 0 Å². The van der Waals surface area contributed by atoms with Crippen molar-refractivity contribution in [3.63, 3.8) is 0 Å². The first-order chi connectivity index (χ1) is 8.35. The highest BCUT2D eigenvalue weighted by Crippen LogP contribution is 2.19. The summed E-state index contributed by atoms with van der Waals surface area (Å²) in [6.07, 6.45) is 21.4. The second-order valence-electron chi connectivity index (χ2n) is 5.02. The summed E-state index contributed by atoms with van der Waals surface area (Å²) < 4.78 is 0. The van der Waals surface area contributed by atoms with Gasteiger partial charge in [0, 0.05) is 0 Å². The quantitative estimate of drug-likeness (QED) is 0.292. The Morgan fingerprint density at radius 1 is 0.765 bits per heavy atom. The first-order valence-corrected chi connectivity index (χ1v) is 7.64. The maximum absolute atomic E-state index is 2.41. The molecule has 0 heterocycles. The van der Waals surface area contributed by atoms with Gasteiger partial charge in [-0.25, -0.2) is 0 Å². The van der Waals surface area contributed by atoms with E-state index in [2.05, 4.69) is 45.1 Å². The van der Waals surface area contributed by atoms with E-state index in [-0.39, 0.29) is 0 Å². The van der Waals surface area contributed by atoms with Gasteiger partial charge in [-0.2, -0.15) is 0 Å². The molecule has 1 unspecified atom stereocenters. The van der Waals surface area contributed by atoms with E-state index in [1.165, 1.54) is 57.8 Å². The van der Waals surface area contributed by atoms with Gasteiger partial charge in [-0.15, -0.1) is 0 Å². The van der Waals surface area contributed by atoms with Crippen molar-refractivity contribution < 1.29 is 0 Å². The van der Waals surface area contributed by atoms with Crippen LogP contribution in [0.2, 0.25) is 0 Å². The van der Waals surface area contributed by atoms with Gasteiger partial charge in [-0.05, 0) is 25.7 Å². The lowest BCUT2D eigenvalue weighted by Gasteiger charge is -2.11. The number of allylic oxidation sites excluding steroid dienone is 4. The first kappa shape index (κ1) is 16.5. The lowest BCUT2D eigenvalue weighted by molar-refractivity contribution is 0.481. The summed E-state index contributed by atoms with van der Waals surface area (Å²) in [7, 11) is 0. The molecule has 0 aliphatic carbocycles. The second kappa shape index (κ2) is 13.5. The lowest BCUT2D eigenvalue weighted by Crippen LogP contribution is -1.96. The van der Waals surface area contributed by atoms with Gasteiger partial charge in [0.1, 0.15) is 0 Å². The molecular weight excluding hydrogens is 204 g/mol. The van der Waals surface area contributed by atoms with Crippen LogP contribution in [0.5, 0.6) is 0 Å². The molecule has 0 aromatic carbocycles. The maximum atomic E-state index is 2.41. The van der Waals surface area contributed by atoms with Crippen LogP contribution in [-0.2, 0) is 0 Å². The molecule has 0 heteroatoms. The van der Waals surface area contributed by atoms with Crippen LogP contribution in [-0.4, -0.2) is 0 Å². The normalized spacial score (nSPS) is 13.8. The highest BCUT2D eigenvalue weighted by atomic mass is 14.1. The fourth-order valence-corrected chi connectivity index (χ4v) is 2.15. The van der Waals surface area contributed by atoms with Crippen LogP contribution in [0.1, 0.15) is 78.6 Å². The Kier molecular flexibility index (Phi) is 13.1. The van der Waals surface area contributed by atoms with Gasteiger partial charge in [0.2, 0.25) is 0 Å². The second-order valence-corrected chi connectivity index (χ2v) is 5.02. The van der Waals surface area contributed by atoms with E-state index in [4.69, 9.17) is 0 Å². The molecule has 0 fully saturated rings. The molecule has 0 nitrogen and oxygen atoms in total. The highest BCUT2D eigenvalue weighted by molar-refractivity contribution is 5.03. The third kappa shape index (κ3) is 11.7. The van der Waals surface area contributed by atoms with Crippen molar-refractivity contribution in [2.45, 2.75) is 78.6 Å². The number of hydrogen-bond acceptors (Lipinski definition) is 0. The van der Waals surface area contributed by atoms with Gasteiger partial charge in [0.25, 0.3) is 0 Å². The zero-order chi connectivity index (χ0) is 12.8. The standard InChI is InChI=1S/C17H32/c1-4-7-10-11-13-16-17(14-9-6-3)15-12-8-5-2/h5,8,12,15,17H,4,6-7,9-11,13-14,16H2,1-3H3/b8-5+,15-12+. The van der Waals surface area contributed by atoms with E-state index in [9.17, 15) is 0 Å². The molecule has 1 atom stereocenters. The Morgan fingerprint density at radius 2 is 1.41 bits per heavy atom. The fourth-order valence-electron chi connectivity index (χ4n) is 2.15. The van der Waals surface area contributed by atoms with E-state index in [0.29, 0.717) is 0 Å². The molecule has 0 radical (unpaired) electrons. The fraction of sp³-hybridized carbons (Fsp3) is 0.765. The summed E-state index contributed by atoms with van der Waals surface area (Å²) in [5, 5.41) is 0. The van der Waals surface area contributed by atoms with Crippen molar-refractivity contribution in [2.75, 3.05) is 0 Å². The van der Waals surface area contributed by atoms with Gasteiger partial charge in [-0.1, -0.05) is 83.1 Å². The van der Waals surface area contributed by atoms with Crippen LogP contribution in [0.25, 0.3) is 0 Å². The predicted molar refractivity (Wildman–Crippen MR) is 80.3 cm³/mol. The van der Waals surface area contributed by atoms with Crippen LogP contribution in [0.15, 0.2) is 24.3 Å². The SMILES string of the molecule is C/C=C/C=C/C(CCCC)CCCCCCC.